The van der Waals surface area contributed by atoms with E-state index in [-0.39, 0.29) is 73.2 Å². The Bertz CT molecular complexity index is 973. The van der Waals surface area contributed by atoms with Crippen LogP contribution in [-0.2, 0) is 33.4 Å². The average molecular weight is 604 g/mol. The highest BCUT2D eigenvalue weighted by atomic mass is 16.5. The molecule has 1 atom stereocenters. The van der Waals surface area contributed by atoms with Crippen LogP contribution >= 0.6 is 0 Å². The molecule has 2 heterocycles. The van der Waals surface area contributed by atoms with Gasteiger partial charge in [0.25, 0.3) is 0 Å². The van der Waals surface area contributed by atoms with E-state index in [1.54, 1.807) is 19.4 Å². The quantitative estimate of drug-likeness (QED) is 0.240. The number of Topliss-reactive ketones (excluding diaryl/α,β-unsaturated/α-hetero) is 1. The number of hydrogen-bond donors (Lipinski definition) is 3. The summed E-state index contributed by atoms with van der Waals surface area (Å²) in [6.45, 7) is 6.22. The molecule has 1 aromatic heterocycles. The van der Waals surface area contributed by atoms with E-state index in [1.165, 1.54) is 4.90 Å². The minimum absolute atomic E-state index is 0.0393. The summed E-state index contributed by atoms with van der Waals surface area (Å²) in [5, 5.41) is 8.45. The van der Waals surface area contributed by atoms with Crippen molar-refractivity contribution in [1.82, 2.24) is 25.8 Å². The fraction of sp³-hybridized carbons (Fsp3) is 0.677. The highest BCUT2D eigenvalue weighted by Crippen LogP contribution is 2.27. The Morgan fingerprint density at radius 1 is 0.860 bits per heavy atom. The fourth-order valence-electron chi connectivity index (χ4n) is 4.93. The van der Waals surface area contributed by atoms with Gasteiger partial charge in [-0.05, 0) is 37.8 Å². The largest absolute Gasteiger partial charge is 0.379 e. The maximum Gasteiger partial charge on any atom is 0.225 e. The number of likely N-dealkylation sites (tertiary alicyclic amines) is 1. The third kappa shape index (κ3) is 15.1. The lowest BCUT2D eigenvalue weighted by Gasteiger charge is -2.29. The first-order valence-corrected chi connectivity index (χ1v) is 15.3. The minimum atomic E-state index is -0.349. The van der Waals surface area contributed by atoms with Gasteiger partial charge in [0.05, 0.1) is 32.3 Å². The highest BCUT2D eigenvalue weighted by molar-refractivity contribution is 5.89. The minimum Gasteiger partial charge on any atom is -0.379 e. The van der Waals surface area contributed by atoms with Crippen LogP contribution in [0.25, 0.3) is 0 Å². The van der Waals surface area contributed by atoms with E-state index < -0.39 is 0 Å². The molecule has 0 radical (unpaired) electrons. The zero-order valence-corrected chi connectivity index (χ0v) is 25.8. The van der Waals surface area contributed by atoms with Crippen molar-refractivity contribution in [3.05, 3.63) is 30.6 Å². The molecular weight excluding hydrogens is 554 g/mol. The number of ketones is 1. The third-order valence-corrected chi connectivity index (χ3v) is 7.41. The molecule has 3 N–H and O–H groups in total. The number of carbonyl (C=O) groups excluding carboxylic acids is 5. The zero-order chi connectivity index (χ0) is 31.5. The van der Waals surface area contributed by atoms with Crippen LogP contribution in [0.1, 0.15) is 58.8 Å². The van der Waals surface area contributed by atoms with Gasteiger partial charge in [0, 0.05) is 76.2 Å². The van der Waals surface area contributed by atoms with Crippen LogP contribution in [0.4, 0.5) is 0 Å². The highest BCUT2D eigenvalue weighted by Gasteiger charge is 2.32. The second-order valence-corrected chi connectivity index (χ2v) is 11.2. The standard InChI is InChI=1S/C26H44N4O7.C5H5N/c1-18(2)25(34)19-4-6-21(7-5-19)29-23(32)9-12-36-14-15-37-13-11-27-22(31)8-10-28-26(35)20-16-24(33)30(3)17-20;1-2-4-6-5-3-1/h18-21H,4-17H2,1-3H3,(H,27,31)(H,28,35)(H,29,32);1-5H. The van der Waals surface area contributed by atoms with Crippen LogP contribution in [-0.4, -0.2) is 98.4 Å². The lowest BCUT2D eigenvalue weighted by atomic mass is 9.80. The smallest absolute Gasteiger partial charge is 0.225 e. The SMILES string of the molecule is CC(C)C(=O)C1CCC(NC(=O)CCOCCOCCNC(=O)CCNC(=O)C2CC(=O)N(C)C2)CC1.c1ccncc1. The van der Waals surface area contributed by atoms with Gasteiger partial charge in [-0.25, -0.2) is 0 Å². The van der Waals surface area contributed by atoms with Crippen molar-refractivity contribution in [3.63, 3.8) is 0 Å². The van der Waals surface area contributed by atoms with Gasteiger partial charge < -0.3 is 30.3 Å². The zero-order valence-electron chi connectivity index (χ0n) is 25.8. The Hall–Kier alpha value is -3.38. The van der Waals surface area contributed by atoms with Gasteiger partial charge in [0.2, 0.25) is 23.6 Å². The molecule has 1 saturated heterocycles. The van der Waals surface area contributed by atoms with Gasteiger partial charge in [-0.3, -0.25) is 29.0 Å². The Morgan fingerprint density at radius 2 is 1.53 bits per heavy atom. The monoisotopic (exact) mass is 603 g/mol. The van der Waals surface area contributed by atoms with Crippen molar-refractivity contribution in [2.75, 3.05) is 53.1 Å². The van der Waals surface area contributed by atoms with E-state index in [4.69, 9.17) is 9.47 Å². The molecule has 1 aliphatic heterocycles. The maximum atomic E-state index is 12.1. The summed E-state index contributed by atoms with van der Waals surface area (Å²) in [5.41, 5.74) is 0. The van der Waals surface area contributed by atoms with Crippen LogP contribution in [0.3, 0.4) is 0 Å². The van der Waals surface area contributed by atoms with E-state index in [2.05, 4.69) is 20.9 Å². The average Bonchev–Trinajstić information content (AvgIpc) is 3.35. The van der Waals surface area contributed by atoms with Crippen LogP contribution in [0.15, 0.2) is 30.6 Å². The molecule has 2 aliphatic rings. The van der Waals surface area contributed by atoms with Crippen LogP contribution < -0.4 is 16.0 Å². The molecule has 12 heteroatoms. The van der Waals surface area contributed by atoms with Crippen molar-refractivity contribution >= 4 is 29.4 Å². The molecule has 43 heavy (non-hydrogen) atoms. The molecule has 0 spiro atoms. The Balaban J connectivity index is 0.000000953. The van der Waals surface area contributed by atoms with Gasteiger partial charge in [0.15, 0.2) is 0 Å². The summed E-state index contributed by atoms with van der Waals surface area (Å²) in [7, 11) is 1.67. The molecule has 1 aliphatic carbocycles. The second-order valence-electron chi connectivity index (χ2n) is 11.2. The molecule has 1 aromatic rings. The van der Waals surface area contributed by atoms with Crippen molar-refractivity contribution in [1.29, 1.82) is 0 Å². The molecule has 240 valence electrons. The van der Waals surface area contributed by atoms with Crippen molar-refractivity contribution in [2.24, 2.45) is 17.8 Å². The van der Waals surface area contributed by atoms with Crippen LogP contribution in [0.5, 0.6) is 0 Å². The number of nitrogens with zero attached hydrogens (tertiary/aromatic N) is 2. The van der Waals surface area contributed by atoms with Crippen molar-refractivity contribution in [2.45, 2.75) is 64.8 Å². The van der Waals surface area contributed by atoms with Crippen LogP contribution in [0, 0.1) is 17.8 Å². The van der Waals surface area contributed by atoms with Crippen molar-refractivity contribution in [3.8, 4) is 0 Å². The topological polar surface area (TPSA) is 156 Å². The summed E-state index contributed by atoms with van der Waals surface area (Å²) in [5.74, 6) is -0.285. The second kappa shape index (κ2) is 20.5. The number of hydrogen-bond acceptors (Lipinski definition) is 8. The fourth-order valence-corrected chi connectivity index (χ4v) is 4.93. The molecule has 1 saturated carbocycles. The summed E-state index contributed by atoms with van der Waals surface area (Å²) in [6, 6.07) is 5.85. The Kier molecular flexibility index (Phi) is 17.1. The summed E-state index contributed by atoms with van der Waals surface area (Å²) < 4.78 is 10.9. The summed E-state index contributed by atoms with van der Waals surface area (Å²) in [6.07, 6.45) is 7.52. The lowest BCUT2D eigenvalue weighted by Crippen LogP contribution is -2.39. The summed E-state index contributed by atoms with van der Waals surface area (Å²) >= 11 is 0. The van der Waals surface area contributed by atoms with E-state index in [9.17, 15) is 24.0 Å². The number of rotatable bonds is 16. The van der Waals surface area contributed by atoms with Gasteiger partial charge in [0.1, 0.15) is 5.78 Å². The summed E-state index contributed by atoms with van der Waals surface area (Å²) in [4.78, 5) is 64.9. The molecule has 1 unspecified atom stereocenters. The van der Waals surface area contributed by atoms with Gasteiger partial charge >= 0.3 is 0 Å². The first kappa shape index (κ1) is 35.8. The van der Waals surface area contributed by atoms with E-state index >= 15 is 0 Å². The predicted molar refractivity (Wildman–Crippen MR) is 161 cm³/mol. The molecule has 4 amide bonds. The lowest BCUT2D eigenvalue weighted by molar-refractivity contribution is -0.128. The predicted octanol–water partition coefficient (Wildman–Crippen LogP) is 1.49. The maximum absolute atomic E-state index is 12.1. The normalized spacial score (nSPS) is 19.8. The van der Waals surface area contributed by atoms with Gasteiger partial charge in [-0.2, -0.15) is 0 Å². The van der Waals surface area contributed by atoms with Gasteiger partial charge in [-0.15, -0.1) is 0 Å². The Labute approximate surface area is 255 Å². The Morgan fingerprint density at radius 3 is 2.09 bits per heavy atom. The number of pyridine rings is 1. The first-order valence-electron chi connectivity index (χ1n) is 15.3. The molecule has 0 bridgehead atoms. The first-order chi connectivity index (χ1) is 20.7. The molecular formula is C31H49N5O7. The third-order valence-electron chi connectivity index (χ3n) is 7.41. The van der Waals surface area contributed by atoms with E-state index in [0.717, 1.165) is 25.7 Å². The number of nitrogens with one attached hydrogen (secondary N) is 3. The van der Waals surface area contributed by atoms with E-state index in [0.29, 0.717) is 45.3 Å². The molecule has 2 fully saturated rings. The van der Waals surface area contributed by atoms with E-state index in [1.807, 2.05) is 32.0 Å². The number of carbonyl (C=O) groups is 5. The number of ether oxygens (including phenoxy) is 2. The molecule has 12 nitrogen and oxygen atoms in total. The molecule has 0 aromatic carbocycles. The van der Waals surface area contributed by atoms with Gasteiger partial charge in [-0.1, -0.05) is 19.9 Å². The van der Waals surface area contributed by atoms with Crippen molar-refractivity contribution < 1.29 is 33.4 Å². The number of aromatic nitrogens is 1. The van der Waals surface area contributed by atoms with Crippen LogP contribution in [0.2, 0.25) is 0 Å². The molecule has 3 rings (SSSR count). The number of amides is 4.